The van der Waals surface area contributed by atoms with Crippen molar-refractivity contribution in [3.8, 4) is 5.75 Å². The molecule has 1 aromatic heterocycles. The molecule has 1 amide bonds. The monoisotopic (exact) mass is 392 g/mol. The first-order valence-electron chi connectivity index (χ1n) is 8.77. The van der Waals surface area contributed by atoms with Gasteiger partial charge in [0.2, 0.25) is 0 Å². The highest BCUT2D eigenvalue weighted by atomic mass is 35.5. The van der Waals surface area contributed by atoms with Crippen molar-refractivity contribution in [3.63, 3.8) is 0 Å². The standard InChI is InChI=1S/C22H17ClN2O3/c23-16-8-6-15(7-9-16)12-22-25-19-13-17(10-11-20(19)28-22)24-21(26)14-27-18-4-2-1-3-5-18/h1-11,13H,12,14H2,(H,24,26). The summed E-state index contributed by atoms with van der Waals surface area (Å²) >= 11 is 5.91. The molecule has 1 N–H and O–H groups in total. The maximum Gasteiger partial charge on any atom is 0.262 e. The van der Waals surface area contributed by atoms with Crippen LogP contribution < -0.4 is 10.1 Å². The second-order valence-corrected chi connectivity index (χ2v) is 6.68. The van der Waals surface area contributed by atoms with E-state index in [1.165, 1.54) is 0 Å². The largest absolute Gasteiger partial charge is 0.484 e. The van der Waals surface area contributed by atoms with Crippen molar-refractivity contribution in [2.24, 2.45) is 0 Å². The lowest BCUT2D eigenvalue weighted by molar-refractivity contribution is -0.118. The molecule has 0 spiro atoms. The van der Waals surface area contributed by atoms with Gasteiger partial charge in [-0.25, -0.2) is 4.98 Å². The molecule has 4 rings (SSSR count). The van der Waals surface area contributed by atoms with Gasteiger partial charge in [-0.2, -0.15) is 0 Å². The van der Waals surface area contributed by atoms with E-state index in [9.17, 15) is 4.79 Å². The molecule has 0 saturated carbocycles. The van der Waals surface area contributed by atoms with Crippen molar-refractivity contribution in [2.75, 3.05) is 11.9 Å². The summed E-state index contributed by atoms with van der Waals surface area (Å²) in [5.41, 5.74) is 3.05. The van der Waals surface area contributed by atoms with Gasteiger partial charge in [-0.3, -0.25) is 4.79 Å². The highest BCUT2D eigenvalue weighted by molar-refractivity contribution is 6.30. The van der Waals surface area contributed by atoms with Crippen molar-refractivity contribution >= 4 is 34.3 Å². The van der Waals surface area contributed by atoms with E-state index in [4.69, 9.17) is 20.8 Å². The third-order valence-corrected chi connectivity index (χ3v) is 4.35. The zero-order chi connectivity index (χ0) is 19.3. The number of oxazole rings is 1. The Balaban J connectivity index is 1.41. The predicted molar refractivity (Wildman–Crippen MR) is 109 cm³/mol. The first-order valence-corrected chi connectivity index (χ1v) is 9.15. The number of halogens is 1. The molecular weight excluding hydrogens is 376 g/mol. The summed E-state index contributed by atoms with van der Waals surface area (Å²) in [6.45, 7) is -0.0668. The molecular formula is C22H17ClN2O3. The molecule has 0 saturated heterocycles. The van der Waals surface area contributed by atoms with Crippen LogP contribution in [0, 0.1) is 0 Å². The maximum absolute atomic E-state index is 12.1. The Kier molecular flexibility index (Phi) is 5.26. The summed E-state index contributed by atoms with van der Waals surface area (Å²) in [5.74, 6) is 1.01. The average molecular weight is 393 g/mol. The minimum Gasteiger partial charge on any atom is -0.484 e. The molecule has 28 heavy (non-hydrogen) atoms. The number of aromatic nitrogens is 1. The summed E-state index contributed by atoms with van der Waals surface area (Å²) < 4.78 is 11.2. The molecule has 0 aliphatic carbocycles. The molecule has 6 heteroatoms. The minimum atomic E-state index is -0.243. The minimum absolute atomic E-state index is 0.0668. The first-order chi connectivity index (χ1) is 13.7. The van der Waals surface area contributed by atoms with Crippen LogP contribution in [0.4, 0.5) is 5.69 Å². The summed E-state index contributed by atoms with van der Waals surface area (Å²) in [5, 5.41) is 3.50. The van der Waals surface area contributed by atoms with Crippen LogP contribution in [0.5, 0.6) is 5.75 Å². The van der Waals surface area contributed by atoms with E-state index in [1.807, 2.05) is 42.5 Å². The topological polar surface area (TPSA) is 64.4 Å². The number of carbonyl (C=O) groups is 1. The van der Waals surface area contributed by atoms with E-state index < -0.39 is 0 Å². The van der Waals surface area contributed by atoms with E-state index >= 15 is 0 Å². The fraction of sp³-hybridized carbons (Fsp3) is 0.0909. The molecule has 140 valence electrons. The van der Waals surface area contributed by atoms with E-state index in [0.29, 0.717) is 39.9 Å². The van der Waals surface area contributed by atoms with Crippen LogP contribution >= 0.6 is 11.6 Å². The van der Waals surface area contributed by atoms with Crippen LogP contribution in [0.2, 0.25) is 5.02 Å². The average Bonchev–Trinajstić information content (AvgIpc) is 3.10. The van der Waals surface area contributed by atoms with Crippen LogP contribution in [-0.2, 0) is 11.2 Å². The van der Waals surface area contributed by atoms with Crippen LogP contribution in [-0.4, -0.2) is 17.5 Å². The number of amides is 1. The zero-order valence-corrected chi connectivity index (χ0v) is 15.6. The molecule has 0 atom stereocenters. The molecule has 5 nitrogen and oxygen atoms in total. The van der Waals surface area contributed by atoms with Gasteiger partial charge < -0.3 is 14.5 Å². The number of nitrogens with one attached hydrogen (secondary N) is 1. The number of ether oxygens (including phenoxy) is 1. The lowest BCUT2D eigenvalue weighted by atomic mass is 10.1. The maximum atomic E-state index is 12.1. The first kappa shape index (κ1) is 18.1. The molecule has 0 unspecified atom stereocenters. The van der Waals surface area contributed by atoms with Crippen molar-refractivity contribution in [1.82, 2.24) is 4.98 Å². The fourth-order valence-corrected chi connectivity index (χ4v) is 2.89. The molecule has 4 aromatic rings. The number of nitrogens with zero attached hydrogens (tertiary/aromatic N) is 1. The Labute approximate surface area is 166 Å². The summed E-state index contributed by atoms with van der Waals surface area (Å²) in [6.07, 6.45) is 0.568. The Morgan fingerprint density at radius 1 is 1.04 bits per heavy atom. The van der Waals surface area contributed by atoms with Gasteiger partial charge in [0.25, 0.3) is 5.91 Å². The van der Waals surface area contributed by atoms with Gasteiger partial charge >= 0.3 is 0 Å². The number of rotatable bonds is 6. The molecule has 0 aliphatic heterocycles. The number of fused-ring (bicyclic) bond motifs is 1. The number of hydrogen-bond donors (Lipinski definition) is 1. The van der Waals surface area contributed by atoms with Gasteiger partial charge in [0, 0.05) is 17.1 Å². The molecule has 1 heterocycles. The van der Waals surface area contributed by atoms with Crippen molar-refractivity contribution < 1.29 is 13.9 Å². The molecule has 0 fully saturated rings. The predicted octanol–water partition coefficient (Wildman–Crippen LogP) is 5.09. The van der Waals surface area contributed by atoms with Gasteiger partial charge in [0.1, 0.15) is 11.3 Å². The van der Waals surface area contributed by atoms with Gasteiger partial charge in [0.05, 0.1) is 0 Å². The highest BCUT2D eigenvalue weighted by Crippen LogP contribution is 2.22. The third kappa shape index (κ3) is 4.50. The number of hydrogen-bond acceptors (Lipinski definition) is 4. The Hall–Kier alpha value is -3.31. The smallest absolute Gasteiger partial charge is 0.262 e. The van der Waals surface area contributed by atoms with Crippen LogP contribution in [0.1, 0.15) is 11.5 Å². The van der Waals surface area contributed by atoms with Gasteiger partial charge in [-0.15, -0.1) is 0 Å². The van der Waals surface area contributed by atoms with Gasteiger partial charge in [0.15, 0.2) is 18.1 Å². The SMILES string of the molecule is O=C(COc1ccccc1)Nc1ccc2oc(Cc3ccc(Cl)cc3)nc2c1. The van der Waals surface area contributed by atoms with Crippen LogP contribution in [0.15, 0.2) is 77.2 Å². The van der Waals surface area contributed by atoms with Crippen LogP contribution in [0.25, 0.3) is 11.1 Å². The molecule has 0 aliphatic rings. The summed E-state index contributed by atoms with van der Waals surface area (Å²) in [4.78, 5) is 16.6. The Morgan fingerprint density at radius 2 is 1.82 bits per heavy atom. The lowest BCUT2D eigenvalue weighted by Crippen LogP contribution is -2.20. The zero-order valence-electron chi connectivity index (χ0n) is 14.9. The van der Waals surface area contributed by atoms with Crippen molar-refractivity contribution in [1.29, 1.82) is 0 Å². The van der Waals surface area contributed by atoms with E-state index in [-0.39, 0.29) is 12.5 Å². The number of anilines is 1. The summed E-state index contributed by atoms with van der Waals surface area (Å²) in [6, 6.07) is 22.1. The Bertz CT molecular complexity index is 1090. The molecule has 3 aromatic carbocycles. The number of carbonyl (C=O) groups excluding carboxylic acids is 1. The highest BCUT2D eigenvalue weighted by Gasteiger charge is 2.09. The fourth-order valence-electron chi connectivity index (χ4n) is 2.77. The number of para-hydroxylation sites is 1. The lowest BCUT2D eigenvalue weighted by Gasteiger charge is -2.07. The van der Waals surface area contributed by atoms with E-state index in [0.717, 1.165) is 5.56 Å². The van der Waals surface area contributed by atoms with Crippen molar-refractivity contribution in [2.45, 2.75) is 6.42 Å². The third-order valence-electron chi connectivity index (χ3n) is 4.10. The normalized spacial score (nSPS) is 10.8. The van der Waals surface area contributed by atoms with Gasteiger partial charge in [-0.05, 0) is 48.0 Å². The summed E-state index contributed by atoms with van der Waals surface area (Å²) in [7, 11) is 0. The second-order valence-electron chi connectivity index (χ2n) is 6.24. The van der Waals surface area contributed by atoms with Crippen molar-refractivity contribution in [3.05, 3.63) is 89.3 Å². The van der Waals surface area contributed by atoms with Gasteiger partial charge in [-0.1, -0.05) is 41.9 Å². The Morgan fingerprint density at radius 3 is 2.61 bits per heavy atom. The van der Waals surface area contributed by atoms with Crippen LogP contribution in [0.3, 0.4) is 0 Å². The second kappa shape index (κ2) is 8.15. The molecule has 0 bridgehead atoms. The number of benzene rings is 3. The molecule has 0 radical (unpaired) electrons. The van der Waals surface area contributed by atoms with E-state index in [1.54, 1.807) is 30.3 Å². The quantitative estimate of drug-likeness (QED) is 0.496. The van der Waals surface area contributed by atoms with E-state index in [2.05, 4.69) is 10.3 Å².